The molecule has 0 atom stereocenters. The third-order valence-corrected chi connectivity index (χ3v) is 3.06. The van der Waals surface area contributed by atoms with Crippen molar-refractivity contribution in [1.29, 1.82) is 0 Å². The summed E-state index contributed by atoms with van der Waals surface area (Å²) in [5.74, 6) is 0. The topological polar surface area (TPSA) is 56.0 Å². The quantitative estimate of drug-likeness (QED) is 0.917. The number of halogens is 3. The van der Waals surface area contributed by atoms with E-state index in [4.69, 9.17) is 9.47 Å². The van der Waals surface area contributed by atoms with Crippen LogP contribution in [-0.4, -0.2) is 27.9 Å². The summed E-state index contributed by atoms with van der Waals surface area (Å²) in [5.41, 5.74) is -0.0756. The Morgan fingerprint density at radius 1 is 1.30 bits per heavy atom. The van der Waals surface area contributed by atoms with Crippen molar-refractivity contribution < 1.29 is 27.8 Å². The van der Waals surface area contributed by atoms with E-state index in [-0.39, 0.29) is 11.2 Å². The number of pyridine rings is 1. The van der Waals surface area contributed by atoms with Crippen LogP contribution in [0, 0.1) is 0 Å². The SMILES string of the molecule is OCc1ccc(C2OCCO2)c2cc(C(F)(F)F)nn12. The van der Waals surface area contributed by atoms with Crippen molar-refractivity contribution in [3.05, 3.63) is 35.2 Å². The fourth-order valence-corrected chi connectivity index (χ4v) is 2.14. The molecule has 1 fully saturated rings. The van der Waals surface area contributed by atoms with Crippen LogP contribution < -0.4 is 0 Å². The van der Waals surface area contributed by atoms with Gasteiger partial charge in [-0.2, -0.15) is 18.3 Å². The maximum absolute atomic E-state index is 12.8. The standard InChI is InChI=1S/C12H11F3N2O3/c13-12(14,15)10-5-9-8(11-19-3-4-20-11)2-1-7(6-18)17(9)16-10/h1-2,5,11,18H,3-4,6H2. The van der Waals surface area contributed by atoms with Crippen molar-refractivity contribution >= 4 is 5.52 Å². The van der Waals surface area contributed by atoms with Gasteiger partial charge in [0, 0.05) is 5.56 Å². The average Bonchev–Trinajstić information content (AvgIpc) is 3.05. The molecule has 0 spiro atoms. The molecule has 1 aliphatic rings. The molecule has 2 aromatic rings. The third-order valence-electron chi connectivity index (χ3n) is 3.06. The minimum atomic E-state index is -4.55. The molecule has 0 bridgehead atoms. The number of hydrogen-bond donors (Lipinski definition) is 1. The summed E-state index contributed by atoms with van der Waals surface area (Å²) in [6.07, 6.45) is -5.25. The summed E-state index contributed by atoms with van der Waals surface area (Å²) in [6, 6.07) is 4.01. The number of aromatic nitrogens is 2. The number of aliphatic hydroxyl groups is 1. The van der Waals surface area contributed by atoms with Crippen molar-refractivity contribution in [3.8, 4) is 0 Å². The number of nitrogens with zero attached hydrogens (tertiary/aromatic N) is 2. The first-order valence-corrected chi connectivity index (χ1v) is 5.93. The molecule has 2 aromatic heterocycles. The van der Waals surface area contributed by atoms with Gasteiger partial charge in [-0.1, -0.05) is 0 Å². The zero-order valence-electron chi connectivity index (χ0n) is 10.2. The number of hydrogen-bond acceptors (Lipinski definition) is 4. The second-order valence-corrected chi connectivity index (χ2v) is 4.34. The molecular formula is C12H11F3N2O3. The molecule has 3 rings (SSSR count). The van der Waals surface area contributed by atoms with Gasteiger partial charge in [-0.25, -0.2) is 4.52 Å². The Bertz CT molecular complexity index is 633. The summed E-state index contributed by atoms with van der Waals surface area (Å²) in [4.78, 5) is 0. The zero-order valence-corrected chi connectivity index (χ0v) is 10.2. The lowest BCUT2D eigenvalue weighted by molar-refractivity contribution is -0.141. The van der Waals surface area contributed by atoms with Crippen LogP contribution in [0.15, 0.2) is 18.2 Å². The molecule has 1 N–H and O–H groups in total. The molecule has 1 saturated heterocycles. The van der Waals surface area contributed by atoms with Crippen LogP contribution in [0.25, 0.3) is 5.52 Å². The molecule has 0 aromatic carbocycles. The van der Waals surface area contributed by atoms with E-state index >= 15 is 0 Å². The molecule has 1 aliphatic heterocycles. The first kappa shape index (κ1) is 13.3. The largest absolute Gasteiger partial charge is 0.435 e. The molecule has 0 unspecified atom stereocenters. The Kier molecular flexibility index (Phi) is 3.15. The summed E-state index contributed by atoms with van der Waals surface area (Å²) < 4.78 is 50.0. The molecule has 0 aliphatic carbocycles. The lowest BCUT2D eigenvalue weighted by atomic mass is 10.2. The van der Waals surface area contributed by atoms with E-state index in [1.807, 2.05) is 0 Å². The molecule has 3 heterocycles. The van der Waals surface area contributed by atoms with Crippen LogP contribution >= 0.6 is 0 Å². The van der Waals surface area contributed by atoms with Gasteiger partial charge in [0.15, 0.2) is 12.0 Å². The highest BCUT2D eigenvalue weighted by Crippen LogP contribution is 2.33. The Balaban J connectivity index is 2.19. The van der Waals surface area contributed by atoms with Gasteiger partial charge in [0.1, 0.15) is 0 Å². The predicted octanol–water partition coefficient (Wildman–Crippen LogP) is 1.89. The first-order chi connectivity index (χ1) is 9.50. The number of ether oxygens (including phenoxy) is 2. The van der Waals surface area contributed by atoms with Gasteiger partial charge in [0.2, 0.25) is 0 Å². The third kappa shape index (κ3) is 2.15. The van der Waals surface area contributed by atoms with Crippen LogP contribution in [0.3, 0.4) is 0 Å². The van der Waals surface area contributed by atoms with Crippen LogP contribution in [0.5, 0.6) is 0 Å². The fraction of sp³-hybridized carbons (Fsp3) is 0.417. The number of aliphatic hydroxyl groups excluding tert-OH is 1. The van der Waals surface area contributed by atoms with Crippen LogP contribution in [0.4, 0.5) is 13.2 Å². The maximum Gasteiger partial charge on any atom is 0.435 e. The summed E-state index contributed by atoms with van der Waals surface area (Å²) in [7, 11) is 0. The molecule has 20 heavy (non-hydrogen) atoms. The summed E-state index contributed by atoms with van der Waals surface area (Å²) >= 11 is 0. The molecular weight excluding hydrogens is 277 g/mol. The van der Waals surface area contributed by atoms with E-state index < -0.39 is 24.8 Å². The van der Waals surface area contributed by atoms with Crippen LogP contribution in [0.2, 0.25) is 0 Å². The first-order valence-electron chi connectivity index (χ1n) is 5.93. The Labute approximate surface area is 111 Å². The van der Waals surface area contributed by atoms with Crippen molar-refractivity contribution in [1.82, 2.24) is 9.61 Å². The molecule has 0 saturated carbocycles. The highest BCUT2D eigenvalue weighted by atomic mass is 19.4. The van der Waals surface area contributed by atoms with E-state index in [1.165, 1.54) is 6.07 Å². The van der Waals surface area contributed by atoms with E-state index in [0.29, 0.717) is 18.8 Å². The molecule has 5 nitrogen and oxygen atoms in total. The highest BCUT2D eigenvalue weighted by Gasteiger charge is 2.35. The van der Waals surface area contributed by atoms with Crippen molar-refractivity contribution in [2.75, 3.05) is 13.2 Å². The van der Waals surface area contributed by atoms with E-state index in [2.05, 4.69) is 5.10 Å². The van der Waals surface area contributed by atoms with Crippen LogP contribution in [0.1, 0.15) is 23.2 Å². The lowest BCUT2D eigenvalue weighted by Crippen LogP contribution is -2.07. The Hall–Kier alpha value is -1.64. The van der Waals surface area contributed by atoms with Gasteiger partial charge in [-0.3, -0.25) is 0 Å². The molecule has 8 heteroatoms. The normalized spacial score (nSPS) is 17.2. The minimum absolute atomic E-state index is 0.218. The molecule has 0 radical (unpaired) electrons. The zero-order chi connectivity index (χ0) is 14.3. The van der Waals surface area contributed by atoms with Gasteiger partial charge in [-0.05, 0) is 18.2 Å². The summed E-state index contributed by atoms with van der Waals surface area (Å²) in [5, 5.41) is 12.7. The average molecular weight is 288 g/mol. The lowest BCUT2D eigenvalue weighted by Gasteiger charge is -2.12. The van der Waals surface area contributed by atoms with Crippen LogP contribution in [-0.2, 0) is 22.3 Å². The van der Waals surface area contributed by atoms with Gasteiger partial charge in [0.05, 0.1) is 31.0 Å². The predicted molar refractivity (Wildman–Crippen MR) is 60.8 cm³/mol. The van der Waals surface area contributed by atoms with Crippen molar-refractivity contribution in [2.45, 2.75) is 19.1 Å². The van der Waals surface area contributed by atoms with Gasteiger partial charge in [-0.15, -0.1) is 0 Å². The molecule has 0 amide bonds. The fourth-order valence-electron chi connectivity index (χ4n) is 2.14. The monoisotopic (exact) mass is 288 g/mol. The summed E-state index contributed by atoms with van der Waals surface area (Å²) in [6.45, 7) is 0.361. The smallest absolute Gasteiger partial charge is 0.390 e. The van der Waals surface area contributed by atoms with Gasteiger partial charge >= 0.3 is 6.18 Å². The maximum atomic E-state index is 12.8. The van der Waals surface area contributed by atoms with Crippen molar-refractivity contribution in [2.24, 2.45) is 0 Å². The number of rotatable bonds is 2. The van der Waals surface area contributed by atoms with E-state index in [1.54, 1.807) is 6.07 Å². The second-order valence-electron chi connectivity index (χ2n) is 4.34. The number of fused-ring (bicyclic) bond motifs is 1. The Morgan fingerprint density at radius 2 is 2.00 bits per heavy atom. The number of alkyl halides is 3. The molecule has 108 valence electrons. The minimum Gasteiger partial charge on any atom is -0.390 e. The Morgan fingerprint density at radius 3 is 2.60 bits per heavy atom. The van der Waals surface area contributed by atoms with E-state index in [0.717, 1.165) is 10.6 Å². The van der Waals surface area contributed by atoms with Crippen molar-refractivity contribution in [3.63, 3.8) is 0 Å². The highest BCUT2D eigenvalue weighted by molar-refractivity contribution is 5.57. The second kappa shape index (κ2) is 4.72. The van der Waals surface area contributed by atoms with Gasteiger partial charge < -0.3 is 14.6 Å². The van der Waals surface area contributed by atoms with E-state index in [9.17, 15) is 18.3 Å². The van der Waals surface area contributed by atoms with Gasteiger partial charge in [0.25, 0.3) is 0 Å².